The van der Waals surface area contributed by atoms with Gasteiger partial charge in [-0.2, -0.15) is 0 Å². The number of halogens is 1. The Bertz CT molecular complexity index is 1060. The summed E-state index contributed by atoms with van der Waals surface area (Å²) in [6.07, 6.45) is 0. The SMILES string of the molecule is Cc1cc(C)c2c(N)c(C(=O)OCC(=O)N(C)Cc3cccc(Cl)c3)sc2n1. The summed E-state index contributed by atoms with van der Waals surface area (Å²) in [6, 6.07) is 9.15. The van der Waals surface area contributed by atoms with Crippen molar-refractivity contribution >= 4 is 50.7 Å². The third kappa shape index (κ3) is 4.26. The van der Waals surface area contributed by atoms with Crippen molar-refractivity contribution in [3.63, 3.8) is 0 Å². The first kappa shape index (κ1) is 20.1. The van der Waals surface area contributed by atoms with Crippen LogP contribution in [0.3, 0.4) is 0 Å². The van der Waals surface area contributed by atoms with Crippen LogP contribution in [0.5, 0.6) is 0 Å². The number of hydrogen-bond donors (Lipinski definition) is 1. The maximum atomic E-state index is 12.5. The van der Waals surface area contributed by atoms with E-state index in [1.54, 1.807) is 19.2 Å². The van der Waals surface area contributed by atoms with E-state index in [1.807, 2.05) is 32.0 Å². The summed E-state index contributed by atoms with van der Waals surface area (Å²) >= 11 is 7.13. The summed E-state index contributed by atoms with van der Waals surface area (Å²) in [7, 11) is 1.64. The molecule has 0 bridgehead atoms. The number of pyridine rings is 1. The third-order valence-corrected chi connectivity index (χ3v) is 5.59. The zero-order chi connectivity index (χ0) is 20.4. The largest absolute Gasteiger partial charge is 0.451 e. The van der Waals surface area contributed by atoms with Crippen LogP contribution in [0, 0.1) is 13.8 Å². The van der Waals surface area contributed by atoms with Crippen LogP contribution in [-0.4, -0.2) is 35.4 Å². The Morgan fingerprint density at radius 1 is 1.29 bits per heavy atom. The fraction of sp³-hybridized carbons (Fsp3) is 0.250. The molecule has 0 spiro atoms. The van der Waals surface area contributed by atoms with Gasteiger partial charge < -0.3 is 15.4 Å². The van der Waals surface area contributed by atoms with E-state index >= 15 is 0 Å². The number of esters is 1. The molecule has 3 aromatic rings. The number of hydrogen-bond acceptors (Lipinski definition) is 6. The molecule has 2 heterocycles. The first-order valence-electron chi connectivity index (χ1n) is 8.58. The second-order valence-electron chi connectivity index (χ2n) is 6.56. The molecule has 2 aromatic heterocycles. The Kier molecular flexibility index (Phi) is 5.86. The molecule has 3 rings (SSSR count). The number of anilines is 1. The minimum Gasteiger partial charge on any atom is -0.451 e. The van der Waals surface area contributed by atoms with Crippen LogP contribution in [0.4, 0.5) is 5.69 Å². The first-order chi connectivity index (χ1) is 13.3. The summed E-state index contributed by atoms with van der Waals surface area (Å²) in [5, 5.41) is 1.36. The van der Waals surface area contributed by atoms with Gasteiger partial charge in [-0.3, -0.25) is 4.79 Å². The monoisotopic (exact) mass is 417 g/mol. The average molecular weight is 418 g/mol. The van der Waals surface area contributed by atoms with Crippen LogP contribution in [0.25, 0.3) is 10.2 Å². The zero-order valence-electron chi connectivity index (χ0n) is 15.8. The number of carbonyl (C=O) groups is 2. The van der Waals surface area contributed by atoms with Crippen molar-refractivity contribution in [1.82, 2.24) is 9.88 Å². The number of nitrogens with zero attached hydrogens (tertiary/aromatic N) is 2. The van der Waals surface area contributed by atoms with Gasteiger partial charge in [0, 0.05) is 29.7 Å². The lowest BCUT2D eigenvalue weighted by atomic mass is 10.1. The minimum absolute atomic E-state index is 0.265. The van der Waals surface area contributed by atoms with Crippen molar-refractivity contribution in [2.45, 2.75) is 20.4 Å². The Labute approximate surface area is 171 Å². The second-order valence-corrected chi connectivity index (χ2v) is 8.00. The molecule has 1 aromatic carbocycles. The molecule has 0 saturated carbocycles. The normalized spacial score (nSPS) is 10.9. The van der Waals surface area contributed by atoms with Crippen LogP contribution >= 0.6 is 22.9 Å². The molecule has 0 radical (unpaired) electrons. The highest BCUT2D eigenvalue weighted by molar-refractivity contribution is 7.21. The Morgan fingerprint density at radius 3 is 2.75 bits per heavy atom. The lowest BCUT2D eigenvalue weighted by Crippen LogP contribution is -2.30. The summed E-state index contributed by atoms with van der Waals surface area (Å²) in [5.74, 6) is -0.944. The van der Waals surface area contributed by atoms with Crippen molar-refractivity contribution < 1.29 is 14.3 Å². The summed E-state index contributed by atoms with van der Waals surface area (Å²) < 4.78 is 5.20. The number of benzene rings is 1. The molecule has 0 aliphatic carbocycles. The highest BCUT2D eigenvalue weighted by atomic mass is 35.5. The number of aromatic nitrogens is 1. The van der Waals surface area contributed by atoms with Crippen molar-refractivity contribution in [2.24, 2.45) is 0 Å². The molecule has 28 heavy (non-hydrogen) atoms. The molecule has 0 fully saturated rings. The van der Waals surface area contributed by atoms with E-state index in [2.05, 4.69) is 4.98 Å². The average Bonchev–Trinajstić information content (AvgIpc) is 2.96. The van der Waals surface area contributed by atoms with Gasteiger partial charge in [-0.1, -0.05) is 23.7 Å². The predicted molar refractivity (Wildman–Crippen MR) is 112 cm³/mol. The number of rotatable bonds is 5. The van der Waals surface area contributed by atoms with E-state index < -0.39 is 5.97 Å². The van der Waals surface area contributed by atoms with E-state index in [-0.39, 0.29) is 17.4 Å². The number of nitrogens with two attached hydrogens (primary N) is 1. The standard InChI is InChI=1S/C20H20ClN3O3S/c1-11-7-12(2)23-19-16(11)17(22)18(28-19)20(26)27-10-15(25)24(3)9-13-5-4-6-14(21)8-13/h4-8H,9-10,22H2,1-3H3. The number of amides is 1. The Balaban J connectivity index is 1.66. The van der Waals surface area contributed by atoms with E-state index in [9.17, 15) is 9.59 Å². The topological polar surface area (TPSA) is 85.5 Å². The van der Waals surface area contributed by atoms with Gasteiger partial charge in [0.1, 0.15) is 9.71 Å². The van der Waals surface area contributed by atoms with Crippen molar-refractivity contribution in [3.8, 4) is 0 Å². The molecule has 0 saturated heterocycles. The minimum atomic E-state index is -0.623. The van der Waals surface area contributed by atoms with Gasteiger partial charge in [0.2, 0.25) is 0 Å². The van der Waals surface area contributed by atoms with Gasteiger partial charge in [0.15, 0.2) is 6.61 Å². The predicted octanol–water partition coefficient (Wildman–Crippen LogP) is 3.96. The molecule has 1 amide bonds. The van der Waals surface area contributed by atoms with Crippen LogP contribution in [0.2, 0.25) is 5.02 Å². The number of thiophene rings is 1. The molecular formula is C20H20ClN3O3S. The van der Waals surface area contributed by atoms with Gasteiger partial charge in [0.05, 0.1) is 5.69 Å². The molecule has 0 aliphatic heterocycles. The lowest BCUT2D eigenvalue weighted by Gasteiger charge is -2.17. The molecule has 0 aliphatic rings. The quantitative estimate of drug-likeness (QED) is 0.635. The summed E-state index contributed by atoms with van der Waals surface area (Å²) in [5.41, 5.74) is 9.17. The molecule has 8 heteroatoms. The van der Waals surface area contributed by atoms with Crippen LogP contribution < -0.4 is 5.73 Å². The number of nitrogen functional groups attached to an aromatic ring is 1. The van der Waals surface area contributed by atoms with Crippen LogP contribution in [0.1, 0.15) is 26.5 Å². The maximum Gasteiger partial charge on any atom is 0.351 e. The smallest absolute Gasteiger partial charge is 0.351 e. The molecule has 0 unspecified atom stereocenters. The first-order valence-corrected chi connectivity index (χ1v) is 9.77. The van der Waals surface area contributed by atoms with Crippen LogP contribution in [0.15, 0.2) is 30.3 Å². The molecule has 6 nitrogen and oxygen atoms in total. The highest BCUT2D eigenvalue weighted by Crippen LogP contribution is 2.35. The van der Waals surface area contributed by atoms with E-state index in [1.165, 1.54) is 16.2 Å². The van der Waals surface area contributed by atoms with E-state index in [0.29, 0.717) is 22.1 Å². The summed E-state index contributed by atoms with van der Waals surface area (Å²) in [4.78, 5) is 31.6. The fourth-order valence-electron chi connectivity index (χ4n) is 2.92. The maximum absolute atomic E-state index is 12.5. The van der Waals surface area contributed by atoms with E-state index in [4.69, 9.17) is 22.1 Å². The van der Waals surface area contributed by atoms with Gasteiger partial charge in [-0.15, -0.1) is 11.3 Å². The third-order valence-electron chi connectivity index (χ3n) is 4.27. The van der Waals surface area contributed by atoms with Crippen molar-refractivity contribution in [2.75, 3.05) is 19.4 Å². The Hall–Kier alpha value is -2.64. The summed E-state index contributed by atoms with van der Waals surface area (Å²) in [6.45, 7) is 3.80. The number of ether oxygens (including phenoxy) is 1. The Morgan fingerprint density at radius 2 is 2.04 bits per heavy atom. The fourth-order valence-corrected chi connectivity index (χ4v) is 4.24. The molecular weight excluding hydrogens is 398 g/mol. The molecule has 146 valence electrons. The van der Waals surface area contributed by atoms with Gasteiger partial charge in [0.25, 0.3) is 5.91 Å². The molecule has 0 atom stereocenters. The van der Waals surface area contributed by atoms with Gasteiger partial charge in [-0.05, 0) is 43.2 Å². The van der Waals surface area contributed by atoms with Gasteiger partial charge >= 0.3 is 5.97 Å². The second kappa shape index (κ2) is 8.16. The van der Waals surface area contributed by atoms with Crippen LogP contribution in [-0.2, 0) is 16.1 Å². The zero-order valence-corrected chi connectivity index (χ0v) is 17.4. The highest BCUT2D eigenvalue weighted by Gasteiger charge is 2.21. The van der Waals surface area contributed by atoms with Gasteiger partial charge in [-0.25, -0.2) is 9.78 Å². The molecule has 2 N–H and O–H groups in total. The number of fused-ring (bicyclic) bond motifs is 1. The van der Waals surface area contributed by atoms with E-state index in [0.717, 1.165) is 22.2 Å². The number of carbonyl (C=O) groups excluding carboxylic acids is 2. The lowest BCUT2D eigenvalue weighted by molar-refractivity contribution is -0.133. The van der Waals surface area contributed by atoms with Crippen molar-refractivity contribution in [3.05, 3.63) is 57.1 Å². The number of aryl methyl sites for hydroxylation is 2. The van der Waals surface area contributed by atoms with Crippen molar-refractivity contribution in [1.29, 1.82) is 0 Å². The number of likely N-dealkylation sites (N-methyl/N-ethyl adjacent to an activating group) is 1.